The van der Waals surface area contributed by atoms with Crippen LogP contribution in [0.15, 0.2) is 34.9 Å². The van der Waals surface area contributed by atoms with E-state index in [4.69, 9.17) is 9.47 Å². The molecule has 0 bridgehead atoms. The van der Waals surface area contributed by atoms with Gasteiger partial charge in [-0.15, -0.1) is 0 Å². The standard InChI is InChI=1S/C20H22BrN3O3/c1-12-9-15(21)11-24-18(13(2)23-19(12)24)20(25)22-8-7-14-5-6-16(26-3)17(10-14)27-4/h5-6,9-11H,7-8H2,1-4H3,(H,22,25). The van der Waals surface area contributed by atoms with Crippen molar-refractivity contribution in [1.29, 1.82) is 0 Å². The van der Waals surface area contributed by atoms with Gasteiger partial charge in [0.2, 0.25) is 0 Å². The highest BCUT2D eigenvalue weighted by molar-refractivity contribution is 9.10. The lowest BCUT2D eigenvalue weighted by molar-refractivity contribution is 0.0947. The van der Waals surface area contributed by atoms with Crippen LogP contribution in [0, 0.1) is 13.8 Å². The zero-order valence-electron chi connectivity index (χ0n) is 15.8. The van der Waals surface area contributed by atoms with Crippen molar-refractivity contribution in [3.63, 3.8) is 0 Å². The van der Waals surface area contributed by atoms with E-state index in [0.717, 1.165) is 21.2 Å². The van der Waals surface area contributed by atoms with E-state index < -0.39 is 0 Å². The molecular formula is C20H22BrN3O3. The first kappa shape index (κ1) is 19.2. The van der Waals surface area contributed by atoms with E-state index >= 15 is 0 Å². The number of hydrogen-bond donors (Lipinski definition) is 1. The average Bonchev–Trinajstić information content (AvgIpc) is 2.97. The number of carbonyl (C=O) groups is 1. The third-order valence-corrected chi connectivity index (χ3v) is 4.84. The highest BCUT2D eigenvalue weighted by atomic mass is 79.9. The molecule has 1 amide bonds. The van der Waals surface area contributed by atoms with Crippen LogP contribution in [0.1, 0.15) is 27.3 Å². The molecule has 2 aromatic heterocycles. The fourth-order valence-corrected chi connectivity index (χ4v) is 3.64. The number of rotatable bonds is 6. The topological polar surface area (TPSA) is 64.9 Å². The molecule has 0 radical (unpaired) electrons. The molecule has 2 heterocycles. The van der Waals surface area contributed by atoms with Crippen LogP contribution in [0.3, 0.4) is 0 Å². The van der Waals surface area contributed by atoms with Crippen molar-refractivity contribution in [3.8, 4) is 11.5 Å². The van der Waals surface area contributed by atoms with Gasteiger partial charge in [0.05, 0.1) is 19.9 Å². The number of imidazole rings is 1. The molecule has 0 spiro atoms. The monoisotopic (exact) mass is 431 g/mol. The maximum atomic E-state index is 12.7. The first-order valence-corrected chi connectivity index (χ1v) is 9.37. The fraction of sp³-hybridized carbons (Fsp3) is 0.300. The summed E-state index contributed by atoms with van der Waals surface area (Å²) in [5.41, 5.74) is 4.13. The molecule has 27 heavy (non-hydrogen) atoms. The van der Waals surface area contributed by atoms with Crippen molar-refractivity contribution in [1.82, 2.24) is 14.7 Å². The first-order valence-electron chi connectivity index (χ1n) is 8.58. The van der Waals surface area contributed by atoms with Crippen LogP contribution in [0.2, 0.25) is 0 Å². The Balaban J connectivity index is 1.74. The van der Waals surface area contributed by atoms with Crippen LogP contribution in [0.25, 0.3) is 5.65 Å². The molecule has 1 aromatic carbocycles. The molecule has 7 heteroatoms. The first-order chi connectivity index (χ1) is 12.9. The average molecular weight is 432 g/mol. The van der Waals surface area contributed by atoms with Crippen LogP contribution in [-0.4, -0.2) is 36.1 Å². The van der Waals surface area contributed by atoms with Gasteiger partial charge in [-0.3, -0.25) is 9.20 Å². The third-order valence-electron chi connectivity index (χ3n) is 4.41. The van der Waals surface area contributed by atoms with Gasteiger partial charge in [0.25, 0.3) is 5.91 Å². The van der Waals surface area contributed by atoms with Crippen molar-refractivity contribution < 1.29 is 14.3 Å². The molecule has 0 fully saturated rings. The molecule has 6 nitrogen and oxygen atoms in total. The number of halogens is 1. The molecule has 142 valence electrons. The van der Waals surface area contributed by atoms with Crippen LogP contribution in [0.4, 0.5) is 0 Å². The van der Waals surface area contributed by atoms with E-state index in [1.165, 1.54) is 0 Å². The number of aryl methyl sites for hydroxylation is 2. The number of carbonyl (C=O) groups excluding carboxylic acids is 1. The normalized spacial score (nSPS) is 10.9. The lowest BCUT2D eigenvalue weighted by atomic mass is 10.1. The minimum Gasteiger partial charge on any atom is -0.493 e. The predicted molar refractivity (Wildman–Crippen MR) is 108 cm³/mol. The summed E-state index contributed by atoms with van der Waals surface area (Å²) in [5.74, 6) is 1.23. The Kier molecular flexibility index (Phi) is 5.70. The summed E-state index contributed by atoms with van der Waals surface area (Å²) in [7, 11) is 3.22. The van der Waals surface area contributed by atoms with E-state index in [2.05, 4.69) is 26.2 Å². The number of pyridine rings is 1. The summed E-state index contributed by atoms with van der Waals surface area (Å²) in [6, 6.07) is 7.74. The summed E-state index contributed by atoms with van der Waals surface area (Å²) >= 11 is 3.48. The van der Waals surface area contributed by atoms with Gasteiger partial charge in [-0.05, 0) is 65.5 Å². The zero-order valence-corrected chi connectivity index (χ0v) is 17.4. The maximum absolute atomic E-state index is 12.7. The van der Waals surface area contributed by atoms with E-state index in [1.54, 1.807) is 14.2 Å². The Morgan fingerprint density at radius 3 is 2.63 bits per heavy atom. The SMILES string of the molecule is COc1ccc(CCNC(=O)c2c(C)nc3c(C)cc(Br)cn23)cc1OC. The molecule has 0 aliphatic carbocycles. The van der Waals surface area contributed by atoms with E-state index in [-0.39, 0.29) is 5.91 Å². The minimum absolute atomic E-state index is 0.141. The molecule has 0 saturated heterocycles. The fourth-order valence-electron chi connectivity index (χ4n) is 3.10. The highest BCUT2D eigenvalue weighted by Crippen LogP contribution is 2.27. The van der Waals surface area contributed by atoms with Crippen molar-refractivity contribution >= 4 is 27.5 Å². The summed E-state index contributed by atoms with van der Waals surface area (Å²) in [6.45, 7) is 4.34. The zero-order chi connectivity index (χ0) is 19.6. The maximum Gasteiger partial charge on any atom is 0.270 e. The van der Waals surface area contributed by atoms with Crippen LogP contribution in [0.5, 0.6) is 11.5 Å². The molecule has 0 aliphatic rings. The van der Waals surface area contributed by atoms with Gasteiger partial charge < -0.3 is 14.8 Å². The molecule has 0 atom stereocenters. The number of ether oxygens (including phenoxy) is 2. The highest BCUT2D eigenvalue weighted by Gasteiger charge is 2.17. The number of benzene rings is 1. The van der Waals surface area contributed by atoms with Gasteiger partial charge in [-0.1, -0.05) is 6.07 Å². The predicted octanol–water partition coefficient (Wildman–Crippen LogP) is 3.70. The quantitative estimate of drug-likeness (QED) is 0.645. The second kappa shape index (κ2) is 8.00. The number of aromatic nitrogens is 2. The molecule has 3 rings (SSSR count). The van der Waals surface area contributed by atoms with Crippen LogP contribution in [-0.2, 0) is 6.42 Å². The van der Waals surface area contributed by atoms with Crippen molar-refractivity contribution in [2.75, 3.05) is 20.8 Å². The van der Waals surface area contributed by atoms with Crippen molar-refractivity contribution in [2.24, 2.45) is 0 Å². The Morgan fingerprint density at radius 2 is 1.93 bits per heavy atom. The Morgan fingerprint density at radius 1 is 1.19 bits per heavy atom. The number of nitrogens with zero attached hydrogens (tertiary/aromatic N) is 2. The Bertz CT molecular complexity index is 998. The summed E-state index contributed by atoms with van der Waals surface area (Å²) < 4.78 is 13.3. The third kappa shape index (κ3) is 3.93. The van der Waals surface area contributed by atoms with E-state index in [9.17, 15) is 4.79 Å². The van der Waals surface area contributed by atoms with Crippen molar-refractivity contribution in [2.45, 2.75) is 20.3 Å². The smallest absolute Gasteiger partial charge is 0.270 e. The minimum atomic E-state index is -0.141. The summed E-state index contributed by atoms with van der Waals surface area (Å²) in [5, 5.41) is 2.98. The van der Waals surface area contributed by atoms with Gasteiger partial charge >= 0.3 is 0 Å². The molecule has 0 aliphatic heterocycles. The van der Waals surface area contributed by atoms with Gasteiger partial charge in [0.15, 0.2) is 11.5 Å². The number of methoxy groups -OCH3 is 2. The Hall–Kier alpha value is -2.54. The molecule has 0 unspecified atom stereocenters. The lowest BCUT2D eigenvalue weighted by Gasteiger charge is -2.10. The second-order valence-corrected chi connectivity index (χ2v) is 7.19. The van der Waals surface area contributed by atoms with Gasteiger partial charge in [0, 0.05) is 17.2 Å². The molecule has 0 saturated carbocycles. The Labute approximate surface area is 166 Å². The number of nitrogens with one attached hydrogen (secondary N) is 1. The number of amides is 1. The van der Waals surface area contributed by atoms with Crippen molar-refractivity contribution in [3.05, 3.63) is 57.4 Å². The number of fused-ring (bicyclic) bond motifs is 1. The molecular weight excluding hydrogens is 410 g/mol. The number of hydrogen-bond acceptors (Lipinski definition) is 4. The molecule has 1 N–H and O–H groups in total. The lowest BCUT2D eigenvalue weighted by Crippen LogP contribution is -2.27. The second-order valence-electron chi connectivity index (χ2n) is 6.28. The van der Waals surface area contributed by atoms with E-state index in [1.807, 2.05) is 48.7 Å². The van der Waals surface area contributed by atoms with Crippen LogP contribution >= 0.6 is 15.9 Å². The summed E-state index contributed by atoms with van der Waals surface area (Å²) in [4.78, 5) is 17.3. The van der Waals surface area contributed by atoms with Gasteiger partial charge in [-0.25, -0.2) is 4.98 Å². The van der Waals surface area contributed by atoms with Crippen LogP contribution < -0.4 is 14.8 Å². The largest absolute Gasteiger partial charge is 0.493 e. The van der Waals surface area contributed by atoms with Gasteiger partial charge in [0.1, 0.15) is 11.3 Å². The summed E-state index contributed by atoms with van der Waals surface area (Å²) in [6.07, 6.45) is 2.55. The molecule has 3 aromatic rings. The van der Waals surface area contributed by atoms with E-state index in [0.29, 0.717) is 35.9 Å². The van der Waals surface area contributed by atoms with Gasteiger partial charge in [-0.2, -0.15) is 0 Å².